The zero-order valence-electron chi connectivity index (χ0n) is 10.2. The van der Waals surface area contributed by atoms with Crippen molar-refractivity contribution in [2.45, 2.75) is 0 Å². The van der Waals surface area contributed by atoms with Crippen molar-refractivity contribution in [1.29, 1.82) is 0 Å². The topological polar surface area (TPSA) is 81.0 Å². The highest BCUT2D eigenvalue weighted by Crippen LogP contribution is 2.17. The first-order valence-electron chi connectivity index (χ1n) is 5.42. The van der Waals surface area contributed by atoms with Gasteiger partial charge in [0.05, 0.1) is 0 Å². The van der Waals surface area contributed by atoms with E-state index in [1.165, 1.54) is 6.07 Å². The summed E-state index contributed by atoms with van der Waals surface area (Å²) < 4.78 is 0. The first-order valence-corrected chi connectivity index (χ1v) is 5.42. The number of nitrogens with one attached hydrogen (secondary N) is 3. The van der Waals surface area contributed by atoms with E-state index in [0.29, 0.717) is 5.82 Å². The molecular weight excluding hydrogens is 232 g/mol. The lowest BCUT2D eigenvalue weighted by atomic mass is 10.2. The average Bonchev–Trinajstić information content (AvgIpc) is 2.28. The fourth-order valence-corrected chi connectivity index (χ4v) is 1.53. The molecule has 2 rings (SSSR count). The third kappa shape index (κ3) is 2.79. The van der Waals surface area contributed by atoms with Gasteiger partial charge in [-0.05, 0) is 24.3 Å². The average molecular weight is 246 g/mol. The normalized spacial score (nSPS) is 10.1. The van der Waals surface area contributed by atoms with Crippen molar-refractivity contribution in [3.63, 3.8) is 0 Å². The van der Waals surface area contributed by atoms with E-state index in [1.807, 2.05) is 43.3 Å². The van der Waals surface area contributed by atoms with Crippen molar-refractivity contribution < 1.29 is 0 Å². The van der Waals surface area contributed by atoms with Crippen LogP contribution in [-0.2, 0) is 0 Å². The number of hydrogen-bond acceptors (Lipinski definition) is 4. The molecule has 0 bridgehead atoms. The standard InChI is InChI=1S/C12H14N4O2/c1-16(2)9-5-3-8(4-6-9)13-10-7-11(17)15-12(18)14-10/h3-7H,1-2H3,(H3,13,14,15,17,18). The van der Waals surface area contributed by atoms with E-state index in [0.717, 1.165) is 11.4 Å². The van der Waals surface area contributed by atoms with Crippen LogP contribution in [0.2, 0.25) is 0 Å². The number of aromatic nitrogens is 2. The number of hydrogen-bond donors (Lipinski definition) is 3. The Bertz CT molecular complexity index is 612. The van der Waals surface area contributed by atoms with Crippen LogP contribution >= 0.6 is 0 Å². The fraction of sp³-hybridized carbons (Fsp3) is 0.167. The summed E-state index contributed by atoms with van der Waals surface area (Å²) in [5.41, 5.74) is 0.892. The quantitative estimate of drug-likeness (QED) is 0.750. The van der Waals surface area contributed by atoms with Crippen LogP contribution in [-0.4, -0.2) is 24.1 Å². The van der Waals surface area contributed by atoms with E-state index in [9.17, 15) is 9.59 Å². The lowest BCUT2D eigenvalue weighted by Gasteiger charge is -2.13. The van der Waals surface area contributed by atoms with Gasteiger partial charge in [-0.3, -0.25) is 14.8 Å². The summed E-state index contributed by atoms with van der Waals surface area (Å²) in [7, 11) is 3.91. The molecule has 1 heterocycles. The second-order valence-electron chi connectivity index (χ2n) is 4.07. The maximum Gasteiger partial charge on any atom is 0.327 e. The van der Waals surface area contributed by atoms with Gasteiger partial charge >= 0.3 is 5.69 Å². The number of benzene rings is 1. The molecule has 18 heavy (non-hydrogen) atoms. The molecule has 0 fully saturated rings. The smallest absolute Gasteiger partial charge is 0.327 e. The molecule has 0 atom stereocenters. The minimum Gasteiger partial charge on any atom is -0.378 e. The zero-order chi connectivity index (χ0) is 13.1. The second kappa shape index (κ2) is 4.79. The summed E-state index contributed by atoms with van der Waals surface area (Å²) in [4.78, 5) is 28.8. The molecule has 2 aromatic rings. The van der Waals surface area contributed by atoms with Gasteiger partial charge in [0.25, 0.3) is 5.56 Å². The van der Waals surface area contributed by atoms with Crippen molar-refractivity contribution in [2.75, 3.05) is 24.3 Å². The minimum atomic E-state index is -0.532. The molecule has 94 valence electrons. The van der Waals surface area contributed by atoms with E-state index < -0.39 is 11.2 Å². The molecule has 0 spiro atoms. The molecule has 0 aliphatic heterocycles. The Kier molecular flexibility index (Phi) is 3.18. The Morgan fingerprint density at radius 2 is 1.72 bits per heavy atom. The van der Waals surface area contributed by atoms with Crippen LogP contribution < -0.4 is 21.5 Å². The predicted molar refractivity (Wildman–Crippen MR) is 71.7 cm³/mol. The first kappa shape index (κ1) is 12.0. The number of nitrogens with zero attached hydrogens (tertiary/aromatic N) is 1. The summed E-state index contributed by atoms with van der Waals surface area (Å²) in [6, 6.07) is 8.91. The molecule has 6 nitrogen and oxygen atoms in total. The number of anilines is 3. The van der Waals surface area contributed by atoms with Gasteiger partial charge in [-0.15, -0.1) is 0 Å². The van der Waals surface area contributed by atoms with Crippen LogP contribution in [0, 0.1) is 0 Å². The lowest BCUT2D eigenvalue weighted by Crippen LogP contribution is -2.22. The Hall–Kier alpha value is -2.50. The fourth-order valence-electron chi connectivity index (χ4n) is 1.53. The molecule has 0 saturated carbocycles. The summed E-state index contributed by atoms with van der Waals surface area (Å²) >= 11 is 0. The molecule has 1 aromatic carbocycles. The second-order valence-corrected chi connectivity index (χ2v) is 4.07. The van der Waals surface area contributed by atoms with E-state index in [2.05, 4.69) is 15.3 Å². The third-order valence-electron chi connectivity index (χ3n) is 2.42. The first-order chi connectivity index (χ1) is 8.54. The van der Waals surface area contributed by atoms with E-state index in [-0.39, 0.29) is 0 Å². The van der Waals surface area contributed by atoms with E-state index in [4.69, 9.17) is 0 Å². The van der Waals surface area contributed by atoms with Gasteiger partial charge < -0.3 is 10.2 Å². The van der Waals surface area contributed by atoms with Gasteiger partial charge in [0.2, 0.25) is 0 Å². The highest BCUT2D eigenvalue weighted by Gasteiger charge is 1.99. The molecule has 3 N–H and O–H groups in total. The van der Waals surface area contributed by atoms with Crippen LogP contribution in [0.15, 0.2) is 39.9 Å². The van der Waals surface area contributed by atoms with Crippen LogP contribution in [0.4, 0.5) is 17.2 Å². The van der Waals surface area contributed by atoms with E-state index in [1.54, 1.807) is 0 Å². The van der Waals surface area contributed by atoms with Crippen molar-refractivity contribution in [2.24, 2.45) is 0 Å². The SMILES string of the molecule is CN(C)c1ccc(Nc2cc(=O)[nH]c(=O)[nH]2)cc1. The molecule has 0 aliphatic rings. The number of H-pyrrole nitrogens is 2. The van der Waals surface area contributed by atoms with Crippen LogP contribution in [0.5, 0.6) is 0 Å². The number of aromatic amines is 2. The molecule has 0 radical (unpaired) electrons. The largest absolute Gasteiger partial charge is 0.378 e. The minimum absolute atomic E-state index is 0.362. The van der Waals surface area contributed by atoms with Gasteiger partial charge in [-0.1, -0.05) is 0 Å². The van der Waals surface area contributed by atoms with Gasteiger partial charge in [-0.2, -0.15) is 0 Å². The molecular formula is C12H14N4O2. The van der Waals surface area contributed by atoms with E-state index >= 15 is 0 Å². The van der Waals surface area contributed by atoms with Crippen LogP contribution in [0.1, 0.15) is 0 Å². The Morgan fingerprint density at radius 1 is 1.06 bits per heavy atom. The van der Waals surface area contributed by atoms with Crippen LogP contribution in [0.3, 0.4) is 0 Å². The molecule has 0 unspecified atom stereocenters. The number of rotatable bonds is 3. The molecule has 0 saturated heterocycles. The predicted octanol–water partition coefficient (Wildman–Crippen LogP) is 0.873. The van der Waals surface area contributed by atoms with Gasteiger partial charge in [0.15, 0.2) is 0 Å². The third-order valence-corrected chi connectivity index (χ3v) is 2.42. The Morgan fingerprint density at radius 3 is 2.28 bits per heavy atom. The van der Waals surface area contributed by atoms with Gasteiger partial charge in [0.1, 0.15) is 5.82 Å². The zero-order valence-corrected chi connectivity index (χ0v) is 10.2. The summed E-state index contributed by atoms with van der Waals surface area (Å²) in [5, 5.41) is 2.96. The van der Waals surface area contributed by atoms with Gasteiger partial charge in [-0.25, -0.2) is 4.79 Å². The maximum atomic E-state index is 11.1. The Labute approximate surface area is 103 Å². The van der Waals surface area contributed by atoms with Crippen molar-refractivity contribution in [1.82, 2.24) is 9.97 Å². The molecule has 6 heteroatoms. The summed E-state index contributed by atoms with van der Waals surface area (Å²) in [6.07, 6.45) is 0. The monoisotopic (exact) mass is 246 g/mol. The summed E-state index contributed by atoms with van der Waals surface area (Å²) in [5.74, 6) is 0.362. The van der Waals surface area contributed by atoms with Crippen molar-refractivity contribution in [3.8, 4) is 0 Å². The van der Waals surface area contributed by atoms with Gasteiger partial charge in [0, 0.05) is 31.5 Å². The Balaban J connectivity index is 2.23. The highest BCUT2D eigenvalue weighted by molar-refractivity contribution is 5.60. The van der Waals surface area contributed by atoms with Crippen LogP contribution in [0.25, 0.3) is 0 Å². The molecule has 0 amide bonds. The van der Waals surface area contributed by atoms with Crippen molar-refractivity contribution >= 4 is 17.2 Å². The van der Waals surface area contributed by atoms with Crippen molar-refractivity contribution in [3.05, 3.63) is 51.2 Å². The maximum absolute atomic E-state index is 11.1. The molecule has 0 aliphatic carbocycles. The summed E-state index contributed by atoms with van der Waals surface area (Å²) in [6.45, 7) is 0. The molecule has 1 aromatic heterocycles. The highest BCUT2D eigenvalue weighted by atomic mass is 16.2. The lowest BCUT2D eigenvalue weighted by molar-refractivity contribution is 1.04.